The van der Waals surface area contributed by atoms with E-state index < -0.39 is 26.4 Å². The van der Waals surface area contributed by atoms with Crippen molar-refractivity contribution in [2.24, 2.45) is 5.92 Å². The van der Waals surface area contributed by atoms with Crippen LogP contribution in [0.5, 0.6) is 5.75 Å². The summed E-state index contributed by atoms with van der Waals surface area (Å²) in [5, 5.41) is 14.4. The maximum absolute atomic E-state index is 13.4. The van der Waals surface area contributed by atoms with Gasteiger partial charge in [-0.25, -0.2) is 0 Å². The van der Waals surface area contributed by atoms with Crippen molar-refractivity contribution >= 4 is 47.6 Å². The number of para-hydroxylation sites is 1. The summed E-state index contributed by atoms with van der Waals surface area (Å²) in [5.74, 6) is 0.243. The number of aromatic nitrogens is 3. The number of ether oxygens (including phenoxy) is 1. The quantitative estimate of drug-likeness (QED) is 0.297. The molecule has 0 amide bonds. The topological polar surface area (TPSA) is 76.7 Å². The Hall–Kier alpha value is -2.70. The Morgan fingerprint density at radius 2 is 2.00 bits per heavy atom. The van der Waals surface area contributed by atoms with Crippen LogP contribution in [0.15, 0.2) is 65.5 Å². The van der Waals surface area contributed by atoms with Crippen molar-refractivity contribution in [3.8, 4) is 16.9 Å². The van der Waals surface area contributed by atoms with Crippen molar-refractivity contribution < 1.29 is 19.0 Å². The summed E-state index contributed by atoms with van der Waals surface area (Å²) in [6.45, 7) is 0.681. The standard InChI is InChI=1S/C25H22AsBrFN3O3/c27-22-19(16-7-9-18(28)10-8-16)12-31-23(22)24(29-14-30-31)26-20(25(32)33)11-17-3-1-2-4-21(17)34-13-15-5-6-15/h1-4,7-10,12,14-15,20,26H,5-6,11,13H2,(H,32,33). The van der Waals surface area contributed by atoms with Crippen LogP contribution in [-0.2, 0) is 11.2 Å². The van der Waals surface area contributed by atoms with Crippen molar-refractivity contribution in [2.45, 2.75) is 24.0 Å². The Balaban J connectivity index is 1.44. The van der Waals surface area contributed by atoms with Gasteiger partial charge in [-0.15, -0.1) is 0 Å². The van der Waals surface area contributed by atoms with Crippen LogP contribution in [0.25, 0.3) is 16.6 Å². The van der Waals surface area contributed by atoms with Gasteiger partial charge in [0, 0.05) is 0 Å². The molecule has 0 spiro atoms. The molecule has 0 aliphatic heterocycles. The Bertz CT molecular complexity index is 1340. The number of hydrogen-bond acceptors (Lipinski definition) is 4. The van der Waals surface area contributed by atoms with Gasteiger partial charge in [-0.2, -0.15) is 0 Å². The van der Waals surface area contributed by atoms with E-state index in [4.69, 9.17) is 4.74 Å². The average Bonchev–Trinajstić information content (AvgIpc) is 3.60. The SMILES string of the molecule is O=C(O)C(Cc1ccccc1OCC1CC1)[AsH]c1ncnn2cc(-c3ccc(F)cc3)c(Br)c12. The van der Waals surface area contributed by atoms with Crippen LogP contribution in [0.2, 0.25) is 4.71 Å². The molecule has 2 unspecified atom stereocenters. The predicted molar refractivity (Wildman–Crippen MR) is 133 cm³/mol. The molecule has 2 aromatic carbocycles. The van der Waals surface area contributed by atoms with Crippen LogP contribution < -0.4 is 9.22 Å². The summed E-state index contributed by atoms with van der Waals surface area (Å²) in [5.41, 5.74) is 3.34. The van der Waals surface area contributed by atoms with Crippen LogP contribution >= 0.6 is 15.9 Å². The first kappa shape index (κ1) is 23.1. The first-order chi connectivity index (χ1) is 16.5. The van der Waals surface area contributed by atoms with Gasteiger partial charge >= 0.3 is 212 Å². The van der Waals surface area contributed by atoms with Crippen LogP contribution in [0.1, 0.15) is 18.4 Å². The van der Waals surface area contributed by atoms with Gasteiger partial charge in [0.1, 0.15) is 0 Å². The third-order valence-corrected chi connectivity index (χ3v) is 9.67. The van der Waals surface area contributed by atoms with Crippen molar-refractivity contribution in [2.75, 3.05) is 6.61 Å². The van der Waals surface area contributed by atoms with Crippen molar-refractivity contribution in [1.82, 2.24) is 14.6 Å². The monoisotopic (exact) mass is 585 g/mol. The molecule has 5 rings (SSSR count). The van der Waals surface area contributed by atoms with Crippen molar-refractivity contribution in [1.29, 1.82) is 0 Å². The van der Waals surface area contributed by atoms with E-state index in [2.05, 4.69) is 26.0 Å². The summed E-state index contributed by atoms with van der Waals surface area (Å²) in [6, 6.07) is 13.9. The summed E-state index contributed by atoms with van der Waals surface area (Å²) in [6.07, 6.45) is 6.08. The zero-order valence-corrected chi connectivity index (χ0v) is 21.8. The van der Waals surface area contributed by atoms with E-state index in [1.807, 2.05) is 30.5 Å². The molecule has 0 bridgehead atoms. The van der Waals surface area contributed by atoms with Gasteiger partial charge < -0.3 is 0 Å². The molecule has 9 heteroatoms. The normalized spacial score (nSPS) is 14.6. The summed E-state index contributed by atoms with van der Waals surface area (Å²) in [4.78, 5) is 16.8. The van der Waals surface area contributed by atoms with Crippen LogP contribution in [-0.4, -0.2) is 48.0 Å². The second kappa shape index (κ2) is 9.88. The molecule has 1 aliphatic rings. The first-order valence-electron chi connectivity index (χ1n) is 11.0. The van der Waals surface area contributed by atoms with Gasteiger partial charge in [-0.3, -0.25) is 0 Å². The van der Waals surface area contributed by atoms with Crippen LogP contribution in [0, 0.1) is 11.7 Å². The zero-order valence-electron chi connectivity index (χ0n) is 18.1. The molecule has 0 saturated heterocycles. The van der Waals surface area contributed by atoms with E-state index in [-0.39, 0.29) is 5.82 Å². The number of aliphatic carboxylic acids is 1. The van der Waals surface area contributed by atoms with E-state index in [0.717, 1.165) is 36.9 Å². The molecule has 1 aliphatic carbocycles. The molecular formula is C25H22AsBrFN3O3. The van der Waals surface area contributed by atoms with Gasteiger partial charge in [0.25, 0.3) is 0 Å². The number of rotatable bonds is 9. The number of halogens is 2. The second-order valence-corrected chi connectivity index (χ2v) is 12.2. The van der Waals surface area contributed by atoms with Gasteiger partial charge in [0.2, 0.25) is 0 Å². The predicted octanol–water partition coefficient (Wildman–Crippen LogP) is 4.26. The number of nitrogens with zero attached hydrogens (tertiary/aromatic N) is 3. The van der Waals surface area contributed by atoms with Gasteiger partial charge in [0.15, 0.2) is 0 Å². The molecule has 2 aromatic heterocycles. The summed E-state index contributed by atoms with van der Waals surface area (Å²) < 4.78 is 22.1. The first-order valence-corrected chi connectivity index (χ1v) is 14.0. The fourth-order valence-corrected chi connectivity index (χ4v) is 7.58. The van der Waals surface area contributed by atoms with E-state index in [9.17, 15) is 14.3 Å². The molecule has 1 saturated carbocycles. The number of hydrogen-bond donors (Lipinski definition) is 1. The van der Waals surface area contributed by atoms with Crippen LogP contribution in [0.4, 0.5) is 4.39 Å². The van der Waals surface area contributed by atoms with Crippen LogP contribution in [0.3, 0.4) is 0 Å². The van der Waals surface area contributed by atoms with E-state index in [0.29, 0.717) is 18.9 Å². The van der Waals surface area contributed by atoms with Crippen molar-refractivity contribution in [3.05, 3.63) is 76.9 Å². The second-order valence-electron chi connectivity index (χ2n) is 8.37. The molecule has 2 heterocycles. The average molecular weight is 586 g/mol. The molecule has 0 radical (unpaired) electrons. The molecule has 174 valence electrons. The summed E-state index contributed by atoms with van der Waals surface area (Å²) >= 11 is 2.46. The molecular weight excluding hydrogens is 564 g/mol. The molecule has 4 aromatic rings. The minimum absolute atomic E-state index is 0.304. The van der Waals surface area contributed by atoms with E-state index in [1.54, 1.807) is 16.6 Å². The molecule has 34 heavy (non-hydrogen) atoms. The third kappa shape index (κ3) is 5.03. The molecule has 1 N–H and O–H groups in total. The Morgan fingerprint density at radius 1 is 1.24 bits per heavy atom. The Labute approximate surface area is 211 Å². The summed E-state index contributed by atoms with van der Waals surface area (Å²) in [7, 11) is 0. The third-order valence-electron chi connectivity index (χ3n) is 5.84. The van der Waals surface area contributed by atoms with E-state index >= 15 is 0 Å². The van der Waals surface area contributed by atoms with Crippen molar-refractivity contribution in [3.63, 3.8) is 0 Å². The number of fused-ring (bicyclic) bond motifs is 1. The minimum atomic E-state index is -1.20. The number of carboxylic acid groups (broad SMARTS) is 1. The maximum atomic E-state index is 13.4. The van der Waals surface area contributed by atoms with E-state index in [1.165, 1.54) is 31.3 Å². The Morgan fingerprint density at radius 3 is 2.74 bits per heavy atom. The van der Waals surface area contributed by atoms with Gasteiger partial charge in [-0.1, -0.05) is 0 Å². The zero-order chi connectivity index (χ0) is 23.7. The number of carbonyl (C=O) groups is 1. The molecule has 2 atom stereocenters. The van der Waals surface area contributed by atoms with Gasteiger partial charge in [-0.05, 0) is 0 Å². The fourth-order valence-electron chi connectivity index (χ4n) is 3.80. The number of benzene rings is 2. The number of carboxylic acids is 1. The Kier molecular flexibility index (Phi) is 6.70. The fraction of sp³-hybridized carbons (Fsp3) is 0.240. The van der Waals surface area contributed by atoms with Gasteiger partial charge in [0.05, 0.1) is 0 Å². The molecule has 1 fully saturated rings. The molecule has 6 nitrogen and oxygen atoms in total.